The fourth-order valence-electron chi connectivity index (χ4n) is 0.823. The van der Waals surface area contributed by atoms with E-state index in [9.17, 15) is 9.46 Å². The fourth-order valence-corrected chi connectivity index (χ4v) is 3.18. The van der Waals surface area contributed by atoms with E-state index in [1.54, 1.807) is 0 Å². The first-order valence-corrected chi connectivity index (χ1v) is 13.7. The molecule has 5 nitrogen and oxygen atoms in total. The maximum atomic E-state index is 11.3. The van der Waals surface area contributed by atoms with E-state index in [1.807, 2.05) is 6.92 Å². The van der Waals surface area contributed by atoms with Crippen LogP contribution >= 0.6 is 7.82 Å². The molecule has 99 valence electrons. The van der Waals surface area contributed by atoms with Gasteiger partial charge in [0.1, 0.15) is 0 Å². The number of ether oxygens (including phenoxy) is 1. The molecule has 0 aliphatic carbocycles. The van der Waals surface area contributed by atoms with Crippen molar-refractivity contribution in [3.63, 3.8) is 0 Å². The van der Waals surface area contributed by atoms with Gasteiger partial charge in [-0.05, 0) is 0 Å². The first-order valence-electron chi connectivity index (χ1n) is 5.27. The van der Waals surface area contributed by atoms with Crippen LogP contribution in [0, 0.1) is 0 Å². The van der Waals surface area contributed by atoms with Crippen molar-refractivity contribution in [3.8, 4) is 0 Å². The molecule has 0 heterocycles. The molecule has 7 heteroatoms. The first kappa shape index (κ1) is 16.6. The van der Waals surface area contributed by atoms with Crippen LogP contribution in [0.25, 0.3) is 0 Å². The standard InChI is InChI=1S/C9H23AsO5P/c1-5-13-8-9-15-16(11,12)14-7-6-10(2,3)4/h5-9H2,1-4H3,(H,11,12). The topological polar surface area (TPSA) is 65.0 Å². The van der Waals surface area contributed by atoms with E-state index < -0.39 is 21.4 Å². The Kier molecular flexibility index (Phi) is 8.17. The van der Waals surface area contributed by atoms with Crippen LogP contribution in [0.4, 0.5) is 0 Å². The summed E-state index contributed by atoms with van der Waals surface area (Å²) in [5.41, 5.74) is 6.62. The predicted molar refractivity (Wildman–Crippen MR) is 66.4 cm³/mol. The van der Waals surface area contributed by atoms with Crippen molar-refractivity contribution in [1.29, 1.82) is 0 Å². The molecule has 0 aliphatic heterocycles. The van der Waals surface area contributed by atoms with Crippen LogP contribution in [0.2, 0.25) is 22.3 Å². The van der Waals surface area contributed by atoms with E-state index in [2.05, 4.69) is 17.1 Å². The third kappa shape index (κ3) is 11.1. The molecule has 1 atom stereocenters. The number of phosphoric ester groups is 1. The first-order chi connectivity index (χ1) is 7.27. The quantitative estimate of drug-likeness (QED) is 0.402. The zero-order valence-electron chi connectivity index (χ0n) is 10.5. The summed E-state index contributed by atoms with van der Waals surface area (Å²) < 4.78 is 25.9. The van der Waals surface area contributed by atoms with Crippen molar-refractivity contribution in [2.45, 2.75) is 29.3 Å². The van der Waals surface area contributed by atoms with Crippen LogP contribution in [0.15, 0.2) is 0 Å². The van der Waals surface area contributed by atoms with Gasteiger partial charge in [0.2, 0.25) is 0 Å². The molecule has 16 heavy (non-hydrogen) atoms. The average Bonchev–Trinajstić information content (AvgIpc) is 2.10. The molecular weight excluding hydrogens is 294 g/mol. The summed E-state index contributed by atoms with van der Waals surface area (Å²) in [5, 5.41) is 0.873. The van der Waals surface area contributed by atoms with Crippen LogP contribution in [0.1, 0.15) is 6.92 Å². The zero-order valence-corrected chi connectivity index (χ0v) is 13.3. The summed E-state index contributed by atoms with van der Waals surface area (Å²) >= 11 is -1.55. The zero-order chi connectivity index (χ0) is 12.7. The van der Waals surface area contributed by atoms with Crippen molar-refractivity contribution >= 4 is 21.4 Å². The van der Waals surface area contributed by atoms with Crippen LogP contribution < -0.4 is 0 Å². The van der Waals surface area contributed by atoms with Crippen molar-refractivity contribution < 1.29 is 23.2 Å². The Hall–Kier alpha value is 0.628. The Morgan fingerprint density at radius 1 is 1.12 bits per heavy atom. The second-order valence-electron chi connectivity index (χ2n) is 4.35. The van der Waals surface area contributed by atoms with Gasteiger partial charge in [0.05, 0.1) is 0 Å². The van der Waals surface area contributed by atoms with E-state index in [0.29, 0.717) is 19.8 Å². The van der Waals surface area contributed by atoms with Gasteiger partial charge >= 0.3 is 100 Å². The number of hydrogen-bond acceptors (Lipinski definition) is 4. The summed E-state index contributed by atoms with van der Waals surface area (Å²) in [7, 11) is -3.87. The van der Waals surface area contributed by atoms with Gasteiger partial charge in [0.15, 0.2) is 0 Å². The van der Waals surface area contributed by atoms with Crippen LogP contribution in [0.3, 0.4) is 0 Å². The van der Waals surface area contributed by atoms with E-state index in [0.717, 1.165) is 5.21 Å². The third-order valence-electron chi connectivity index (χ3n) is 1.70. The van der Waals surface area contributed by atoms with Crippen LogP contribution in [-0.2, 0) is 18.3 Å². The molecule has 0 bridgehead atoms. The van der Waals surface area contributed by atoms with Crippen molar-refractivity contribution in [1.82, 2.24) is 0 Å². The minimum absolute atomic E-state index is 0.0806. The Morgan fingerprint density at radius 3 is 2.19 bits per heavy atom. The van der Waals surface area contributed by atoms with Gasteiger partial charge < -0.3 is 0 Å². The van der Waals surface area contributed by atoms with Crippen LogP contribution in [0.5, 0.6) is 0 Å². The SMILES string of the molecule is CCOCCOP(=O)(O)OCC[As](C)(C)C. The molecule has 0 fully saturated rings. The van der Waals surface area contributed by atoms with Gasteiger partial charge in [-0.1, -0.05) is 0 Å². The molecule has 0 aromatic heterocycles. The predicted octanol–water partition coefficient (Wildman–Crippen LogP) is 2.49. The fraction of sp³-hybridized carbons (Fsp3) is 1.00. The summed E-state index contributed by atoms with van der Waals surface area (Å²) in [6.07, 6.45) is 0. The molecule has 0 saturated heterocycles. The molecule has 1 N–H and O–H groups in total. The van der Waals surface area contributed by atoms with Crippen LogP contribution in [-0.4, -0.2) is 44.9 Å². The Morgan fingerprint density at radius 2 is 1.69 bits per heavy atom. The van der Waals surface area contributed by atoms with Crippen molar-refractivity contribution in [3.05, 3.63) is 0 Å². The maximum absolute atomic E-state index is 11.3. The molecule has 0 saturated carbocycles. The molecule has 0 aromatic carbocycles. The third-order valence-corrected chi connectivity index (χ3v) is 5.92. The van der Waals surface area contributed by atoms with Gasteiger partial charge in [0, 0.05) is 0 Å². The minimum atomic E-state index is -3.87. The number of rotatable bonds is 9. The van der Waals surface area contributed by atoms with Gasteiger partial charge in [0.25, 0.3) is 0 Å². The van der Waals surface area contributed by atoms with E-state index in [1.165, 1.54) is 0 Å². The summed E-state index contributed by atoms with van der Waals surface area (Å²) in [6.45, 7) is 3.09. The molecule has 0 spiro atoms. The molecular formula is C9H23AsO5P. The molecule has 1 radical (unpaired) electrons. The van der Waals surface area contributed by atoms with E-state index >= 15 is 0 Å². The summed E-state index contributed by atoms with van der Waals surface area (Å²) in [5.74, 6) is 0. The summed E-state index contributed by atoms with van der Waals surface area (Å²) in [4.78, 5) is 9.29. The Bertz CT molecular complexity index is 228. The second-order valence-corrected chi connectivity index (χ2v) is 16.3. The molecule has 0 amide bonds. The van der Waals surface area contributed by atoms with E-state index in [-0.39, 0.29) is 6.61 Å². The normalized spacial score (nSPS) is 16.1. The average molecular weight is 317 g/mol. The van der Waals surface area contributed by atoms with Crippen molar-refractivity contribution in [2.75, 3.05) is 26.4 Å². The Labute approximate surface area is 101 Å². The van der Waals surface area contributed by atoms with Gasteiger partial charge in [-0.25, -0.2) is 0 Å². The van der Waals surface area contributed by atoms with Gasteiger partial charge in [-0.3, -0.25) is 0 Å². The van der Waals surface area contributed by atoms with Gasteiger partial charge in [-0.15, -0.1) is 0 Å². The number of phosphoric acid groups is 1. The molecule has 0 aliphatic rings. The Balaban J connectivity index is 3.66. The molecule has 1 unspecified atom stereocenters. The second kappa shape index (κ2) is 7.86. The monoisotopic (exact) mass is 317 g/mol. The van der Waals surface area contributed by atoms with E-state index in [4.69, 9.17) is 13.8 Å². The van der Waals surface area contributed by atoms with Gasteiger partial charge in [-0.2, -0.15) is 0 Å². The molecule has 0 aromatic rings. The number of hydrogen-bond donors (Lipinski definition) is 1. The summed E-state index contributed by atoms with van der Waals surface area (Å²) in [6, 6.07) is 0. The van der Waals surface area contributed by atoms with Crippen molar-refractivity contribution in [2.24, 2.45) is 0 Å². The molecule has 0 rings (SSSR count).